The van der Waals surface area contributed by atoms with Gasteiger partial charge in [-0.25, -0.2) is 0 Å². The zero-order valence-corrected chi connectivity index (χ0v) is 14.5. The van der Waals surface area contributed by atoms with Crippen LogP contribution in [0.25, 0.3) is 6.08 Å². The second-order valence-electron chi connectivity index (χ2n) is 5.16. The summed E-state index contributed by atoms with van der Waals surface area (Å²) in [5, 5.41) is 17.9. The SMILES string of the molecule is COc1cc(/C=C2\SC(=N)N(c3ccccc3OC)C2=O)ccc1O. The van der Waals surface area contributed by atoms with Crippen molar-refractivity contribution in [1.29, 1.82) is 5.41 Å². The van der Waals surface area contributed by atoms with Crippen LogP contribution in [0.3, 0.4) is 0 Å². The standard InChI is InChI=1S/C18H16N2O4S/c1-23-14-6-4-3-5-12(14)20-17(22)16(25-18(20)19)10-11-7-8-13(21)15(9-11)24-2/h3-10,19,21H,1-2H3/b16-10-,19-18?. The zero-order valence-electron chi connectivity index (χ0n) is 13.6. The number of aromatic hydroxyl groups is 1. The number of methoxy groups -OCH3 is 2. The second-order valence-corrected chi connectivity index (χ2v) is 6.19. The van der Waals surface area contributed by atoms with E-state index < -0.39 is 0 Å². The summed E-state index contributed by atoms with van der Waals surface area (Å²) in [7, 11) is 2.98. The molecule has 0 atom stereocenters. The number of hydrogen-bond acceptors (Lipinski definition) is 6. The number of carbonyl (C=O) groups is 1. The molecular formula is C18H16N2O4S. The van der Waals surface area contributed by atoms with Crippen LogP contribution >= 0.6 is 11.8 Å². The highest BCUT2D eigenvalue weighted by Crippen LogP contribution is 2.39. The molecule has 1 saturated heterocycles. The van der Waals surface area contributed by atoms with Crippen molar-refractivity contribution in [2.45, 2.75) is 0 Å². The van der Waals surface area contributed by atoms with Gasteiger partial charge in [-0.05, 0) is 47.7 Å². The van der Waals surface area contributed by atoms with E-state index in [1.54, 1.807) is 42.5 Å². The van der Waals surface area contributed by atoms with Gasteiger partial charge >= 0.3 is 0 Å². The number of phenolic OH excluding ortho intramolecular Hbond substituents is 1. The van der Waals surface area contributed by atoms with E-state index in [9.17, 15) is 9.90 Å². The number of phenols is 1. The average Bonchev–Trinajstić information content (AvgIpc) is 2.90. The molecule has 1 heterocycles. The molecule has 2 aromatic carbocycles. The number of carbonyl (C=O) groups excluding carboxylic acids is 1. The molecule has 128 valence electrons. The Kier molecular flexibility index (Phi) is 4.67. The lowest BCUT2D eigenvalue weighted by atomic mass is 10.2. The molecule has 3 rings (SSSR count). The predicted octanol–water partition coefficient (Wildman–Crippen LogP) is 3.47. The van der Waals surface area contributed by atoms with Crippen LogP contribution in [0.2, 0.25) is 0 Å². The number of nitrogens with zero attached hydrogens (tertiary/aromatic N) is 1. The average molecular weight is 356 g/mol. The fourth-order valence-corrected chi connectivity index (χ4v) is 3.31. The molecular weight excluding hydrogens is 340 g/mol. The maximum atomic E-state index is 12.8. The fraction of sp³-hybridized carbons (Fsp3) is 0.111. The van der Waals surface area contributed by atoms with Crippen molar-refractivity contribution in [1.82, 2.24) is 0 Å². The van der Waals surface area contributed by atoms with E-state index in [2.05, 4.69) is 0 Å². The van der Waals surface area contributed by atoms with Crippen molar-refractivity contribution in [3.63, 3.8) is 0 Å². The van der Waals surface area contributed by atoms with Gasteiger partial charge in [-0.3, -0.25) is 15.1 Å². The molecule has 0 radical (unpaired) electrons. The maximum absolute atomic E-state index is 12.8. The van der Waals surface area contributed by atoms with Crippen LogP contribution in [-0.2, 0) is 4.79 Å². The largest absolute Gasteiger partial charge is 0.504 e. The highest BCUT2D eigenvalue weighted by molar-refractivity contribution is 8.19. The molecule has 0 aliphatic carbocycles. The Hall–Kier alpha value is -2.93. The minimum absolute atomic E-state index is 0.0263. The molecule has 0 unspecified atom stereocenters. The quantitative estimate of drug-likeness (QED) is 0.820. The number of anilines is 1. The highest BCUT2D eigenvalue weighted by Gasteiger charge is 2.35. The lowest BCUT2D eigenvalue weighted by molar-refractivity contribution is -0.113. The summed E-state index contributed by atoms with van der Waals surface area (Å²) in [5.74, 6) is 0.570. The monoisotopic (exact) mass is 356 g/mol. The second kappa shape index (κ2) is 6.90. The first-order chi connectivity index (χ1) is 12.0. The first-order valence-corrected chi connectivity index (χ1v) is 8.19. The normalized spacial score (nSPS) is 15.8. The molecule has 2 N–H and O–H groups in total. The van der Waals surface area contributed by atoms with Crippen molar-refractivity contribution < 1.29 is 19.4 Å². The summed E-state index contributed by atoms with van der Waals surface area (Å²) in [5.41, 5.74) is 1.22. The van der Waals surface area contributed by atoms with Gasteiger partial charge in [0, 0.05) is 0 Å². The Balaban J connectivity index is 1.96. The van der Waals surface area contributed by atoms with Gasteiger partial charge in [0.05, 0.1) is 24.8 Å². The summed E-state index contributed by atoms with van der Waals surface area (Å²) in [4.78, 5) is 14.5. The molecule has 7 heteroatoms. The number of amidine groups is 1. The van der Waals surface area contributed by atoms with Crippen molar-refractivity contribution in [3.05, 3.63) is 52.9 Å². The minimum atomic E-state index is -0.299. The number of rotatable bonds is 4. The summed E-state index contributed by atoms with van der Waals surface area (Å²) < 4.78 is 10.4. The summed E-state index contributed by atoms with van der Waals surface area (Å²) in [6.07, 6.45) is 1.67. The lowest BCUT2D eigenvalue weighted by Gasteiger charge is -2.17. The Morgan fingerprint density at radius 2 is 1.84 bits per heavy atom. The Bertz CT molecular complexity index is 879. The molecule has 0 spiro atoms. The number of para-hydroxylation sites is 2. The molecule has 1 aliphatic rings. The van der Waals surface area contributed by atoms with Crippen molar-refractivity contribution in [2.24, 2.45) is 0 Å². The topological polar surface area (TPSA) is 82.8 Å². The van der Waals surface area contributed by atoms with Crippen LogP contribution in [-0.4, -0.2) is 30.4 Å². The van der Waals surface area contributed by atoms with Crippen LogP contribution < -0.4 is 14.4 Å². The number of nitrogens with one attached hydrogen (secondary N) is 1. The number of hydrogen-bond donors (Lipinski definition) is 2. The summed E-state index contributed by atoms with van der Waals surface area (Å²) in [6.45, 7) is 0. The Morgan fingerprint density at radius 1 is 1.12 bits per heavy atom. The molecule has 0 saturated carbocycles. The molecule has 1 fully saturated rings. The van der Waals surface area contributed by atoms with E-state index in [1.165, 1.54) is 25.2 Å². The van der Waals surface area contributed by atoms with Crippen LogP contribution in [0.4, 0.5) is 5.69 Å². The predicted molar refractivity (Wildman–Crippen MR) is 98.4 cm³/mol. The Morgan fingerprint density at radius 3 is 2.56 bits per heavy atom. The van der Waals surface area contributed by atoms with Crippen molar-refractivity contribution in [2.75, 3.05) is 19.1 Å². The highest BCUT2D eigenvalue weighted by atomic mass is 32.2. The zero-order chi connectivity index (χ0) is 18.0. The fourth-order valence-electron chi connectivity index (χ4n) is 2.46. The van der Waals surface area contributed by atoms with Crippen LogP contribution in [0, 0.1) is 5.41 Å². The minimum Gasteiger partial charge on any atom is -0.504 e. The van der Waals surface area contributed by atoms with Gasteiger partial charge in [-0.1, -0.05) is 18.2 Å². The van der Waals surface area contributed by atoms with E-state index in [1.807, 2.05) is 0 Å². The first-order valence-electron chi connectivity index (χ1n) is 7.37. The number of amides is 1. The number of thioether (sulfide) groups is 1. The van der Waals surface area contributed by atoms with Gasteiger partial charge < -0.3 is 14.6 Å². The summed E-state index contributed by atoms with van der Waals surface area (Å²) in [6, 6.07) is 11.9. The molecule has 2 aromatic rings. The molecule has 0 bridgehead atoms. The third-order valence-electron chi connectivity index (χ3n) is 3.65. The van der Waals surface area contributed by atoms with E-state index >= 15 is 0 Å². The molecule has 25 heavy (non-hydrogen) atoms. The van der Waals surface area contributed by atoms with Gasteiger partial charge in [0.15, 0.2) is 16.7 Å². The lowest BCUT2D eigenvalue weighted by Crippen LogP contribution is -2.28. The van der Waals surface area contributed by atoms with Crippen molar-refractivity contribution in [3.8, 4) is 17.2 Å². The van der Waals surface area contributed by atoms with Gasteiger partial charge in [0.25, 0.3) is 5.91 Å². The molecule has 1 amide bonds. The summed E-state index contributed by atoms with van der Waals surface area (Å²) >= 11 is 1.07. The van der Waals surface area contributed by atoms with E-state index in [0.29, 0.717) is 27.7 Å². The third-order valence-corrected chi connectivity index (χ3v) is 4.54. The third kappa shape index (κ3) is 3.18. The Labute approximate surface area is 149 Å². The van der Waals surface area contributed by atoms with Gasteiger partial charge in [-0.2, -0.15) is 0 Å². The molecule has 6 nitrogen and oxygen atoms in total. The van der Waals surface area contributed by atoms with Crippen LogP contribution in [0.1, 0.15) is 5.56 Å². The van der Waals surface area contributed by atoms with Crippen LogP contribution in [0.15, 0.2) is 47.4 Å². The molecule has 1 aliphatic heterocycles. The number of benzene rings is 2. The maximum Gasteiger partial charge on any atom is 0.271 e. The first kappa shape index (κ1) is 16.9. The van der Waals surface area contributed by atoms with Crippen molar-refractivity contribution >= 4 is 34.6 Å². The van der Waals surface area contributed by atoms with E-state index in [4.69, 9.17) is 14.9 Å². The smallest absolute Gasteiger partial charge is 0.271 e. The number of ether oxygens (including phenoxy) is 2. The van der Waals surface area contributed by atoms with Crippen LogP contribution in [0.5, 0.6) is 17.2 Å². The van der Waals surface area contributed by atoms with E-state index in [-0.39, 0.29) is 16.8 Å². The molecule has 0 aromatic heterocycles. The van der Waals surface area contributed by atoms with E-state index in [0.717, 1.165) is 11.8 Å². The van der Waals surface area contributed by atoms with Gasteiger partial charge in [-0.15, -0.1) is 0 Å². The van der Waals surface area contributed by atoms with Gasteiger partial charge in [0.2, 0.25) is 0 Å². The van der Waals surface area contributed by atoms with Gasteiger partial charge in [0.1, 0.15) is 5.75 Å².